The number of primary amides is 1. The molecule has 6 heteroatoms. The van der Waals surface area contributed by atoms with Gasteiger partial charge in [-0.2, -0.15) is 0 Å². The molecular weight excluding hydrogens is 321 g/mol. The molecule has 0 bridgehead atoms. The SMILES string of the molecule is Cc1cc(NC(=O)N(Cc2ccccc2F)C2CC2)ccc1C(N)=O. The summed E-state index contributed by atoms with van der Waals surface area (Å²) in [5.41, 5.74) is 7.47. The van der Waals surface area contributed by atoms with E-state index in [1.807, 2.05) is 0 Å². The molecule has 25 heavy (non-hydrogen) atoms. The minimum absolute atomic E-state index is 0.130. The van der Waals surface area contributed by atoms with Crippen molar-refractivity contribution in [1.29, 1.82) is 0 Å². The van der Waals surface area contributed by atoms with Gasteiger partial charge in [-0.25, -0.2) is 9.18 Å². The number of carbonyl (C=O) groups is 2. The number of rotatable bonds is 5. The summed E-state index contributed by atoms with van der Waals surface area (Å²) in [6.07, 6.45) is 1.84. The van der Waals surface area contributed by atoms with Crippen molar-refractivity contribution in [2.75, 3.05) is 5.32 Å². The fourth-order valence-corrected chi connectivity index (χ4v) is 2.78. The molecule has 0 aromatic heterocycles. The average Bonchev–Trinajstić information content (AvgIpc) is 3.38. The molecule has 3 amide bonds. The number of hydrogen-bond acceptors (Lipinski definition) is 2. The molecule has 0 saturated heterocycles. The van der Waals surface area contributed by atoms with Crippen LogP contribution in [0.2, 0.25) is 0 Å². The molecule has 1 saturated carbocycles. The van der Waals surface area contributed by atoms with Gasteiger partial charge in [0.2, 0.25) is 5.91 Å². The number of urea groups is 1. The molecule has 5 nitrogen and oxygen atoms in total. The summed E-state index contributed by atoms with van der Waals surface area (Å²) < 4.78 is 13.9. The highest BCUT2D eigenvalue weighted by Gasteiger charge is 2.33. The number of amides is 3. The second-order valence-electron chi connectivity index (χ2n) is 6.27. The summed E-state index contributed by atoms with van der Waals surface area (Å²) in [5.74, 6) is -0.822. The van der Waals surface area contributed by atoms with Crippen LogP contribution < -0.4 is 11.1 Å². The molecule has 1 aliphatic carbocycles. The molecule has 0 heterocycles. The Hall–Kier alpha value is -2.89. The summed E-state index contributed by atoms with van der Waals surface area (Å²) in [5, 5.41) is 2.82. The Labute approximate surface area is 145 Å². The number of halogens is 1. The van der Waals surface area contributed by atoms with Crippen LogP contribution in [-0.4, -0.2) is 22.9 Å². The maximum absolute atomic E-state index is 13.9. The van der Waals surface area contributed by atoms with E-state index in [2.05, 4.69) is 5.32 Å². The number of nitrogens with one attached hydrogen (secondary N) is 1. The minimum atomic E-state index is -0.505. The molecule has 3 rings (SSSR count). The van der Waals surface area contributed by atoms with E-state index in [0.29, 0.717) is 22.4 Å². The second-order valence-corrected chi connectivity index (χ2v) is 6.27. The Kier molecular flexibility index (Phi) is 4.70. The topological polar surface area (TPSA) is 75.4 Å². The molecule has 0 spiro atoms. The average molecular weight is 341 g/mol. The van der Waals surface area contributed by atoms with Gasteiger partial charge in [0.05, 0.1) is 6.54 Å². The van der Waals surface area contributed by atoms with Crippen LogP contribution in [0.3, 0.4) is 0 Å². The largest absolute Gasteiger partial charge is 0.366 e. The number of carbonyl (C=O) groups excluding carboxylic acids is 2. The van der Waals surface area contributed by atoms with Crippen molar-refractivity contribution in [3.8, 4) is 0 Å². The first-order valence-corrected chi connectivity index (χ1v) is 8.17. The Morgan fingerprint density at radius 1 is 1.24 bits per heavy atom. The Balaban J connectivity index is 1.75. The first kappa shape index (κ1) is 17.0. The van der Waals surface area contributed by atoms with Gasteiger partial charge >= 0.3 is 6.03 Å². The molecule has 130 valence electrons. The minimum Gasteiger partial charge on any atom is -0.366 e. The fraction of sp³-hybridized carbons (Fsp3) is 0.263. The maximum atomic E-state index is 13.9. The van der Waals surface area contributed by atoms with E-state index in [1.165, 1.54) is 6.07 Å². The third-order valence-corrected chi connectivity index (χ3v) is 4.29. The summed E-state index contributed by atoms with van der Waals surface area (Å²) >= 11 is 0. The van der Waals surface area contributed by atoms with Crippen LogP contribution in [0.4, 0.5) is 14.9 Å². The van der Waals surface area contributed by atoms with Gasteiger partial charge in [-0.05, 0) is 49.6 Å². The van der Waals surface area contributed by atoms with Gasteiger partial charge < -0.3 is 16.0 Å². The molecule has 0 aliphatic heterocycles. The highest BCUT2D eigenvalue weighted by molar-refractivity contribution is 5.96. The van der Waals surface area contributed by atoms with Crippen LogP contribution in [0.25, 0.3) is 0 Å². The third kappa shape index (κ3) is 3.96. The van der Waals surface area contributed by atoms with Crippen LogP contribution in [0.5, 0.6) is 0 Å². The molecule has 0 atom stereocenters. The van der Waals surface area contributed by atoms with E-state index in [4.69, 9.17) is 5.73 Å². The fourth-order valence-electron chi connectivity index (χ4n) is 2.78. The summed E-state index contributed by atoms with van der Waals surface area (Å²) in [7, 11) is 0. The molecule has 3 N–H and O–H groups in total. The second kappa shape index (κ2) is 6.93. The highest BCUT2D eigenvalue weighted by atomic mass is 19.1. The zero-order valence-corrected chi connectivity index (χ0v) is 14.0. The van der Waals surface area contributed by atoms with E-state index in [-0.39, 0.29) is 24.4 Å². The molecule has 0 unspecified atom stereocenters. The van der Waals surface area contributed by atoms with Gasteiger partial charge in [-0.1, -0.05) is 18.2 Å². The molecule has 1 fully saturated rings. The number of benzene rings is 2. The van der Waals surface area contributed by atoms with E-state index >= 15 is 0 Å². The van der Waals surface area contributed by atoms with Crippen LogP contribution >= 0.6 is 0 Å². The lowest BCUT2D eigenvalue weighted by Gasteiger charge is -2.23. The predicted octanol–water partition coefficient (Wildman–Crippen LogP) is 3.43. The van der Waals surface area contributed by atoms with Crippen LogP contribution in [0.15, 0.2) is 42.5 Å². The van der Waals surface area contributed by atoms with Gasteiger partial charge in [0.25, 0.3) is 0 Å². The predicted molar refractivity (Wildman–Crippen MR) is 93.7 cm³/mol. The van der Waals surface area contributed by atoms with Gasteiger partial charge in [0.1, 0.15) is 5.82 Å². The van der Waals surface area contributed by atoms with Crippen molar-refractivity contribution in [3.05, 3.63) is 65.0 Å². The van der Waals surface area contributed by atoms with Crippen molar-refractivity contribution in [3.63, 3.8) is 0 Å². The molecular formula is C19H20FN3O2. The maximum Gasteiger partial charge on any atom is 0.322 e. The van der Waals surface area contributed by atoms with Crippen molar-refractivity contribution in [2.45, 2.75) is 32.4 Å². The van der Waals surface area contributed by atoms with Crippen molar-refractivity contribution >= 4 is 17.6 Å². The quantitative estimate of drug-likeness (QED) is 0.874. The van der Waals surface area contributed by atoms with Crippen LogP contribution in [0, 0.1) is 12.7 Å². The summed E-state index contributed by atoms with van der Waals surface area (Å²) in [6.45, 7) is 1.98. The zero-order valence-electron chi connectivity index (χ0n) is 14.0. The Morgan fingerprint density at radius 2 is 1.96 bits per heavy atom. The van der Waals surface area contributed by atoms with E-state index in [0.717, 1.165) is 12.8 Å². The van der Waals surface area contributed by atoms with Crippen molar-refractivity contribution in [2.24, 2.45) is 5.73 Å². The van der Waals surface area contributed by atoms with Gasteiger partial charge in [0.15, 0.2) is 0 Å². The van der Waals surface area contributed by atoms with E-state index < -0.39 is 5.91 Å². The van der Waals surface area contributed by atoms with Crippen LogP contribution in [0.1, 0.15) is 34.3 Å². The van der Waals surface area contributed by atoms with E-state index in [1.54, 1.807) is 48.2 Å². The molecule has 2 aromatic rings. The molecule has 0 radical (unpaired) electrons. The number of aryl methyl sites for hydroxylation is 1. The molecule has 1 aliphatic rings. The third-order valence-electron chi connectivity index (χ3n) is 4.29. The summed E-state index contributed by atoms with van der Waals surface area (Å²) in [4.78, 5) is 25.6. The Bertz CT molecular complexity index is 818. The number of nitrogens with two attached hydrogens (primary N) is 1. The first-order chi connectivity index (χ1) is 12.0. The monoisotopic (exact) mass is 341 g/mol. The van der Waals surface area contributed by atoms with Crippen molar-refractivity contribution < 1.29 is 14.0 Å². The first-order valence-electron chi connectivity index (χ1n) is 8.17. The highest BCUT2D eigenvalue weighted by Crippen LogP contribution is 2.29. The number of nitrogens with zero attached hydrogens (tertiary/aromatic N) is 1. The van der Waals surface area contributed by atoms with Gasteiger partial charge in [-0.3, -0.25) is 4.79 Å². The normalized spacial score (nSPS) is 13.4. The lowest BCUT2D eigenvalue weighted by atomic mass is 10.1. The standard InChI is InChI=1S/C19H20FN3O2/c1-12-10-14(6-9-16(12)18(21)24)22-19(25)23(15-7-8-15)11-13-4-2-3-5-17(13)20/h2-6,9-10,15H,7-8,11H2,1H3,(H2,21,24)(H,22,25). The Morgan fingerprint density at radius 3 is 2.56 bits per heavy atom. The van der Waals surface area contributed by atoms with Crippen LogP contribution in [-0.2, 0) is 6.54 Å². The zero-order chi connectivity index (χ0) is 18.0. The lowest BCUT2D eigenvalue weighted by Crippen LogP contribution is -2.36. The molecule has 2 aromatic carbocycles. The smallest absolute Gasteiger partial charge is 0.322 e. The number of anilines is 1. The number of hydrogen-bond donors (Lipinski definition) is 2. The van der Waals surface area contributed by atoms with E-state index in [9.17, 15) is 14.0 Å². The van der Waals surface area contributed by atoms with Gasteiger partial charge in [-0.15, -0.1) is 0 Å². The van der Waals surface area contributed by atoms with Gasteiger partial charge in [0, 0.05) is 22.9 Å². The lowest BCUT2D eigenvalue weighted by molar-refractivity contribution is 0.0999. The van der Waals surface area contributed by atoms with Crippen molar-refractivity contribution in [1.82, 2.24) is 4.90 Å². The summed E-state index contributed by atoms with van der Waals surface area (Å²) in [6, 6.07) is 11.2.